The van der Waals surface area contributed by atoms with Crippen molar-refractivity contribution >= 4 is 11.8 Å². The average molecular weight is 344 g/mol. The fourth-order valence-corrected chi connectivity index (χ4v) is 2.44. The molecule has 0 radical (unpaired) electrons. The number of benzene rings is 2. The second-order valence-electron chi connectivity index (χ2n) is 5.42. The number of carboxylic acid groups (broad SMARTS) is 1. The zero-order chi connectivity index (χ0) is 18.0. The smallest absolute Gasteiger partial charge is 0.343 e. The summed E-state index contributed by atoms with van der Waals surface area (Å²) in [6.45, 7) is 1.25. The van der Waals surface area contributed by atoms with E-state index in [-0.39, 0.29) is 29.2 Å². The van der Waals surface area contributed by atoms with Gasteiger partial charge in [-0.15, -0.1) is 0 Å². The number of halogens is 2. The number of aromatic nitrogens is 1. The van der Waals surface area contributed by atoms with E-state index in [1.165, 1.54) is 13.0 Å². The monoisotopic (exact) mass is 344 g/mol. The van der Waals surface area contributed by atoms with Gasteiger partial charge in [-0.2, -0.15) is 0 Å². The highest BCUT2D eigenvalue weighted by atomic mass is 19.1. The molecule has 0 aliphatic rings. The van der Waals surface area contributed by atoms with E-state index in [1.54, 1.807) is 30.3 Å². The molecule has 0 saturated heterocycles. The van der Waals surface area contributed by atoms with Crippen LogP contribution in [0.25, 0.3) is 11.3 Å². The first-order valence-corrected chi connectivity index (χ1v) is 7.44. The van der Waals surface area contributed by atoms with Gasteiger partial charge >= 0.3 is 5.97 Å². The van der Waals surface area contributed by atoms with E-state index in [0.29, 0.717) is 11.1 Å². The van der Waals surface area contributed by atoms with E-state index in [9.17, 15) is 18.7 Å². The van der Waals surface area contributed by atoms with Crippen LogP contribution in [0.5, 0.6) is 0 Å². The Morgan fingerprint density at radius 1 is 1.20 bits per heavy atom. The van der Waals surface area contributed by atoms with E-state index >= 15 is 0 Å². The number of hydrogen-bond acceptors (Lipinski definition) is 4. The first-order valence-electron chi connectivity index (χ1n) is 7.44. The van der Waals surface area contributed by atoms with Crippen molar-refractivity contribution in [1.82, 2.24) is 5.16 Å². The molecule has 2 N–H and O–H groups in total. The summed E-state index contributed by atoms with van der Waals surface area (Å²) in [5, 5.41) is 15.8. The summed E-state index contributed by atoms with van der Waals surface area (Å²) < 4.78 is 33.0. The summed E-state index contributed by atoms with van der Waals surface area (Å²) in [4.78, 5) is 11.6. The summed E-state index contributed by atoms with van der Waals surface area (Å²) in [5.41, 5.74) is 0.440. The van der Waals surface area contributed by atoms with Gasteiger partial charge in [-0.25, -0.2) is 13.6 Å². The Morgan fingerprint density at radius 2 is 1.92 bits per heavy atom. The Balaban J connectivity index is 1.93. The third-order valence-electron chi connectivity index (χ3n) is 3.75. The minimum Gasteiger partial charge on any atom is -0.477 e. The molecule has 7 heteroatoms. The highest BCUT2D eigenvalue weighted by Crippen LogP contribution is 2.29. The summed E-state index contributed by atoms with van der Waals surface area (Å²) >= 11 is 0. The summed E-state index contributed by atoms with van der Waals surface area (Å²) in [5.74, 6) is -2.68. The van der Waals surface area contributed by atoms with E-state index in [1.807, 2.05) is 0 Å². The lowest BCUT2D eigenvalue weighted by Gasteiger charge is -2.08. The zero-order valence-corrected chi connectivity index (χ0v) is 13.2. The van der Waals surface area contributed by atoms with Crippen LogP contribution in [0.1, 0.15) is 21.5 Å². The van der Waals surface area contributed by atoms with Crippen LogP contribution in [0.2, 0.25) is 0 Å². The van der Waals surface area contributed by atoms with Gasteiger partial charge in [0, 0.05) is 17.7 Å². The van der Waals surface area contributed by atoms with Gasteiger partial charge in [0.05, 0.1) is 0 Å². The van der Waals surface area contributed by atoms with Gasteiger partial charge in [0.2, 0.25) is 0 Å². The third kappa shape index (κ3) is 3.21. The molecule has 1 aromatic heterocycles. The predicted molar refractivity (Wildman–Crippen MR) is 87.3 cm³/mol. The molecule has 0 saturated carbocycles. The van der Waals surface area contributed by atoms with Crippen LogP contribution in [-0.2, 0) is 6.54 Å². The van der Waals surface area contributed by atoms with E-state index < -0.39 is 17.6 Å². The molecular formula is C18H14F2N2O3. The van der Waals surface area contributed by atoms with E-state index in [4.69, 9.17) is 4.52 Å². The van der Waals surface area contributed by atoms with Crippen LogP contribution in [0.15, 0.2) is 47.0 Å². The summed E-state index contributed by atoms with van der Waals surface area (Å²) in [6, 6.07) is 11.1. The molecule has 0 aliphatic carbocycles. The lowest BCUT2D eigenvalue weighted by Crippen LogP contribution is -2.09. The third-order valence-corrected chi connectivity index (χ3v) is 3.75. The number of aryl methyl sites for hydroxylation is 1. The SMILES string of the molecule is Cc1ccc(F)c(CNc2noc(-c3ccccc3)c2C(=O)O)c1F. The molecule has 0 aliphatic heterocycles. The average Bonchev–Trinajstić information content (AvgIpc) is 3.03. The number of nitrogens with one attached hydrogen (secondary N) is 1. The van der Waals surface area contributed by atoms with Gasteiger partial charge in [0.1, 0.15) is 11.6 Å². The number of rotatable bonds is 5. The van der Waals surface area contributed by atoms with Crippen LogP contribution in [0.4, 0.5) is 14.6 Å². The topological polar surface area (TPSA) is 75.4 Å². The van der Waals surface area contributed by atoms with Crippen molar-refractivity contribution in [1.29, 1.82) is 0 Å². The fraction of sp³-hybridized carbons (Fsp3) is 0.111. The molecule has 0 unspecified atom stereocenters. The first kappa shape index (κ1) is 16.6. The highest BCUT2D eigenvalue weighted by molar-refractivity contribution is 5.99. The molecule has 0 atom stereocenters. The van der Waals surface area contributed by atoms with Gasteiger partial charge in [0.15, 0.2) is 17.1 Å². The largest absolute Gasteiger partial charge is 0.477 e. The standard InChI is InChI=1S/C18H14F2N2O3/c1-10-7-8-13(19)12(15(10)20)9-21-17-14(18(23)24)16(25-22-17)11-5-3-2-4-6-11/h2-8H,9H2,1H3,(H,21,22)(H,23,24). The van der Waals surface area contributed by atoms with Crippen molar-refractivity contribution in [2.75, 3.05) is 5.32 Å². The maximum Gasteiger partial charge on any atom is 0.343 e. The van der Waals surface area contributed by atoms with Crippen molar-refractivity contribution in [2.24, 2.45) is 0 Å². The number of carbonyl (C=O) groups is 1. The zero-order valence-electron chi connectivity index (χ0n) is 13.2. The molecule has 0 spiro atoms. The van der Waals surface area contributed by atoms with Gasteiger partial charge in [-0.3, -0.25) is 0 Å². The van der Waals surface area contributed by atoms with Crippen molar-refractivity contribution in [3.05, 3.63) is 70.8 Å². The fourth-order valence-electron chi connectivity index (χ4n) is 2.44. The highest BCUT2D eigenvalue weighted by Gasteiger charge is 2.24. The van der Waals surface area contributed by atoms with Crippen LogP contribution in [-0.4, -0.2) is 16.2 Å². The van der Waals surface area contributed by atoms with Crippen molar-refractivity contribution < 1.29 is 23.2 Å². The lowest BCUT2D eigenvalue weighted by atomic mass is 10.1. The molecule has 2 aromatic carbocycles. The molecule has 128 valence electrons. The van der Waals surface area contributed by atoms with Crippen LogP contribution >= 0.6 is 0 Å². The molecule has 0 amide bonds. The maximum atomic E-state index is 14.1. The molecule has 0 bridgehead atoms. The number of nitrogens with zero attached hydrogens (tertiary/aromatic N) is 1. The van der Waals surface area contributed by atoms with Crippen LogP contribution in [0.3, 0.4) is 0 Å². The number of anilines is 1. The first-order chi connectivity index (χ1) is 12.0. The molecule has 5 nitrogen and oxygen atoms in total. The summed E-state index contributed by atoms with van der Waals surface area (Å²) in [6.07, 6.45) is 0. The summed E-state index contributed by atoms with van der Waals surface area (Å²) in [7, 11) is 0. The normalized spacial score (nSPS) is 10.7. The number of carboxylic acids is 1. The Morgan fingerprint density at radius 3 is 2.60 bits per heavy atom. The van der Waals surface area contributed by atoms with E-state index in [2.05, 4.69) is 10.5 Å². The van der Waals surface area contributed by atoms with Gasteiger partial charge in [-0.05, 0) is 18.6 Å². The van der Waals surface area contributed by atoms with Crippen molar-refractivity contribution in [3.8, 4) is 11.3 Å². The Kier molecular flexibility index (Phi) is 4.47. The molecule has 3 aromatic rings. The quantitative estimate of drug-likeness (QED) is 0.724. The van der Waals surface area contributed by atoms with Crippen LogP contribution < -0.4 is 5.32 Å². The molecular weight excluding hydrogens is 330 g/mol. The van der Waals surface area contributed by atoms with Crippen molar-refractivity contribution in [2.45, 2.75) is 13.5 Å². The second-order valence-corrected chi connectivity index (χ2v) is 5.42. The Hall–Kier alpha value is -3.22. The van der Waals surface area contributed by atoms with Gasteiger partial charge in [0.25, 0.3) is 0 Å². The number of aromatic carboxylic acids is 1. The lowest BCUT2D eigenvalue weighted by molar-refractivity contribution is 0.0698. The maximum absolute atomic E-state index is 14.1. The molecule has 0 fully saturated rings. The minimum absolute atomic E-state index is 0.0702. The predicted octanol–water partition coefficient (Wildman–Crippen LogP) is 4.24. The minimum atomic E-state index is -1.26. The molecule has 25 heavy (non-hydrogen) atoms. The van der Waals surface area contributed by atoms with Crippen LogP contribution in [0, 0.1) is 18.6 Å². The Labute approximate surface area is 141 Å². The van der Waals surface area contributed by atoms with E-state index in [0.717, 1.165) is 6.07 Å². The Bertz CT molecular complexity index is 924. The number of hydrogen-bond donors (Lipinski definition) is 2. The molecule has 1 heterocycles. The molecule has 3 rings (SSSR count). The van der Waals surface area contributed by atoms with Gasteiger partial charge < -0.3 is 14.9 Å². The second kappa shape index (κ2) is 6.72. The van der Waals surface area contributed by atoms with Crippen molar-refractivity contribution in [3.63, 3.8) is 0 Å². The van der Waals surface area contributed by atoms with Gasteiger partial charge in [-0.1, -0.05) is 41.6 Å².